The second-order valence-electron chi connectivity index (χ2n) is 5.65. The van der Waals surface area contributed by atoms with Gasteiger partial charge in [0.25, 0.3) is 0 Å². The third kappa shape index (κ3) is 3.31. The van der Waals surface area contributed by atoms with Crippen molar-refractivity contribution in [3.8, 4) is 5.75 Å². The van der Waals surface area contributed by atoms with E-state index >= 15 is 0 Å². The van der Waals surface area contributed by atoms with Crippen LogP contribution in [0.2, 0.25) is 0 Å². The number of carboxylic acids is 1. The van der Waals surface area contributed by atoms with Gasteiger partial charge < -0.3 is 9.84 Å². The minimum atomic E-state index is -0.707. The van der Waals surface area contributed by atoms with E-state index in [-0.39, 0.29) is 12.1 Å². The van der Waals surface area contributed by atoms with Crippen molar-refractivity contribution in [3.63, 3.8) is 0 Å². The van der Waals surface area contributed by atoms with E-state index in [9.17, 15) is 9.90 Å². The van der Waals surface area contributed by atoms with E-state index in [1.165, 1.54) is 0 Å². The maximum Gasteiger partial charge on any atom is 0.321 e. The van der Waals surface area contributed by atoms with E-state index in [1.54, 1.807) is 7.11 Å². The van der Waals surface area contributed by atoms with Crippen molar-refractivity contribution < 1.29 is 14.6 Å². The van der Waals surface area contributed by atoms with Crippen LogP contribution in [-0.2, 0) is 11.2 Å². The molecule has 1 aliphatic rings. The molecule has 2 rings (SSSR count). The number of para-hydroxylation sites is 1. The fraction of sp³-hybridized carbons (Fsp3) is 0.562. The monoisotopic (exact) mass is 277 g/mol. The molecule has 1 saturated carbocycles. The van der Waals surface area contributed by atoms with Gasteiger partial charge in [-0.25, -0.2) is 0 Å². The van der Waals surface area contributed by atoms with Crippen molar-refractivity contribution in [3.05, 3.63) is 29.8 Å². The van der Waals surface area contributed by atoms with Gasteiger partial charge in [0.1, 0.15) is 11.8 Å². The lowest BCUT2D eigenvalue weighted by atomic mass is 10.0. The Bertz CT molecular complexity index is 471. The molecule has 0 amide bonds. The molecule has 0 spiro atoms. The topological polar surface area (TPSA) is 49.8 Å². The molecule has 1 aliphatic carbocycles. The molecule has 0 heterocycles. The molecule has 0 aliphatic heterocycles. The van der Waals surface area contributed by atoms with Crippen molar-refractivity contribution in [1.29, 1.82) is 0 Å². The van der Waals surface area contributed by atoms with E-state index < -0.39 is 5.97 Å². The highest BCUT2D eigenvalue weighted by Gasteiger charge is 2.40. The summed E-state index contributed by atoms with van der Waals surface area (Å²) in [7, 11) is 3.58. The normalized spacial score (nSPS) is 17.8. The van der Waals surface area contributed by atoms with E-state index in [2.05, 4.69) is 6.92 Å². The summed E-state index contributed by atoms with van der Waals surface area (Å²) in [6.07, 6.45) is 2.85. The number of hydrogen-bond acceptors (Lipinski definition) is 3. The highest BCUT2D eigenvalue weighted by atomic mass is 16.5. The minimum absolute atomic E-state index is 0.160. The summed E-state index contributed by atoms with van der Waals surface area (Å²) in [6.45, 7) is 2.07. The second-order valence-corrected chi connectivity index (χ2v) is 5.65. The highest BCUT2D eigenvalue weighted by molar-refractivity contribution is 5.74. The zero-order valence-corrected chi connectivity index (χ0v) is 12.4. The predicted molar refractivity (Wildman–Crippen MR) is 78.1 cm³/mol. The molecule has 110 valence electrons. The Morgan fingerprint density at radius 3 is 2.65 bits per heavy atom. The number of hydrogen-bond donors (Lipinski definition) is 1. The smallest absolute Gasteiger partial charge is 0.321 e. The Kier molecular flexibility index (Phi) is 4.65. The predicted octanol–water partition coefficient (Wildman–Crippen LogP) is 2.42. The molecule has 0 radical (unpaired) electrons. The van der Waals surface area contributed by atoms with Gasteiger partial charge in [0.15, 0.2) is 0 Å². The Morgan fingerprint density at radius 1 is 1.45 bits per heavy atom. The van der Waals surface area contributed by atoms with Crippen LogP contribution in [-0.4, -0.2) is 42.2 Å². The Balaban J connectivity index is 2.06. The van der Waals surface area contributed by atoms with Crippen molar-refractivity contribution in [2.45, 2.75) is 38.3 Å². The summed E-state index contributed by atoms with van der Waals surface area (Å²) in [4.78, 5) is 13.4. The molecule has 2 atom stereocenters. The Hall–Kier alpha value is -1.55. The lowest BCUT2D eigenvalue weighted by molar-refractivity contribution is -0.144. The van der Waals surface area contributed by atoms with Crippen molar-refractivity contribution in [2.24, 2.45) is 5.92 Å². The van der Waals surface area contributed by atoms with E-state index in [0.717, 1.165) is 30.6 Å². The average molecular weight is 277 g/mol. The second kappa shape index (κ2) is 6.27. The van der Waals surface area contributed by atoms with Gasteiger partial charge in [0.05, 0.1) is 7.11 Å². The number of ether oxygens (including phenoxy) is 1. The van der Waals surface area contributed by atoms with Gasteiger partial charge >= 0.3 is 5.97 Å². The molecule has 1 fully saturated rings. The molecule has 20 heavy (non-hydrogen) atoms. The standard InChI is InChI=1S/C16H23NO3/c1-11(10-13-6-4-5-7-14(13)20-3)17(2)15(16(18)19)12-8-9-12/h4-7,11-12,15H,8-10H2,1-3H3,(H,18,19). The summed E-state index contributed by atoms with van der Waals surface area (Å²) in [5.74, 6) is 0.477. The molecular weight excluding hydrogens is 254 g/mol. The number of methoxy groups -OCH3 is 1. The largest absolute Gasteiger partial charge is 0.496 e. The summed E-state index contributed by atoms with van der Waals surface area (Å²) in [5.41, 5.74) is 1.12. The van der Waals surface area contributed by atoms with Crippen LogP contribution >= 0.6 is 0 Å². The van der Waals surface area contributed by atoms with Crippen LogP contribution in [0.5, 0.6) is 5.75 Å². The van der Waals surface area contributed by atoms with Crippen LogP contribution in [0.4, 0.5) is 0 Å². The molecule has 1 N–H and O–H groups in total. The SMILES string of the molecule is COc1ccccc1CC(C)N(C)C(C(=O)O)C1CC1. The molecular formula is C16H23NO3. The first-order chi connectivity index (χ1) is 9.54. The summed E-state index contributed by atoms with van der Waals surface area (Å²) in [6, 6.07) is 7.71. The summed E-state index contributed by atoms with van der Waals surface area (Å²) in [5, 5.41) is 9.40. The molecule has 0 saturated heterocycles. The fourth-order valence-electron chi connectivity index (χ4n) is 2.73. The van der Waals surface area contributed by atoms with Gasteiger partial charge in [-0.1, -0.05) is 18.2 Å². The first kappa shape index (κ1) is 14.9. The number of carbonyl (C=O) groups is 1. The Morgan fingerprint density at radius 2 is 2.10 bits per heavy atom. The van der Waals surface area contributed by atoms with Crippen LogP contribution in [0.1, 0.15) is 25.3 Å². The van der Waals surface area contributed by atoms with Crippen molar-refractivity contribution in [2.75, 3.05) is 14.2 Å². The van der Waals surface area contributed by atoms with Gasteiger partial charge in [-0.15, -0.1) is 0 Å². The van der Waals surface area contributed by atoms with E-state index in [0.29, 0.717) is 5.92 Å². The zero-order chi connectivity index (χ0) is 14.7. The average Bonchev–Trinajstić information content (AvgIpc) is 3.23. The van der Waals surface area contributed by atoms with Gasteiger partial charge in [-0.05, 0) is 50.8 Å². The molecule has 1 aromatic rings. The molecule has 2 unspecified atom stereocenters. The number of nitrogens with zero attached hydrogens (tertiary/aromatic N) is 1. The maximum absolute atomic E-state index is 11.4. The Labute approximate surface area is 120 Å². The van der Waals surface area contributed by atoms with Crippen LogP contribution in [0, 0.1) is 5.92 Å². The quantitative estimate of drug-likeness (QED) is 0.831. The zero-order valence-electron chi connectivity index (χ0n) is 12.4. The number of likely N-dealkylation sites (N-methyl/N-ethyl adjacent to an activating group) is 1. The van der Waals surface area contributed by atoms with Gasteiger partial charge in [-0.3, -0.25) is 9.69 Å². The van der Waals surface area contributed by atoms with Crippen molar-refractivity contribution >= 4 is 5.97 Å². The molecule has 4 heteroatoms. The number of aliphatic carboxylic acids is 1. The van der Waals surface area contributed by atoms with Crippen LogP contribution in [0.15, 0.2) is 24.3 Å². The van der Waals surface area contributed by atoms with E-state index in [4.69, 9.17) is 4.74 Å². The molecule has 0 bridgehead atoms. The third-order valence-electron chi connectivity index (χ3n) is 4.16. The third-order valence-corrected chi connectivity index (χ3v) is 4.16. The van der Waals surface area contributed by atoms with Gasteiger partial charge in [0.2, 0.25) is 0 Å². The highest BCUT2D eigenvalue weighted by Crippen LogP contribution is 2.36. The van der Waals surface area contributed by atoms with Gasteiger partial charge in [0, 0.05) is 6.04 Å². The van der Waals surface area contributed by atoms with Crippen LogP contribution in [0.3, 0.4) is 0 Å². The molecule has 0 aromatic heterocycles. The molecule has 1 aromatic carbocycles. The van der Waals surface area contributed by atoms with Gasteiger partial charge in [-0.2, -0.15) is 0 Å². The van der Waals surface area contributed by atoms with Crippen LogP contribution < -0.4 is 4.74 Å². The fourth-order valence-corrected chi connectivity index (χ4v) is 2.73. The van der Waals surface area contributed by atoms with E-state index in [1.807, 2.05) is 36.2 Å². The first-order valence-corrected chi connectivity index (χ1v) is 7.11. The van der Waals surface area contributed by atoms with Crippen LogP contribution in [0.25, 0.3) is 0 Å². The number of rotatable bonds is 7. The first-order valence-electron chi connectivity index (χ1n) is 7.11. The summed E-state index contributed by atoms with van der Waals surface area (Å²) < 4.78 is 5.36. The molecule has 4 nitrogen and oxygen atoms in total. The van der Waals surface area contributed by atoms with Crippen molar-refractivity contribution in [1.82, 2.24) is 4.90 Å². The lowest BCUT2D eigenvalue weighted by Gasteiger charge is -2.31. The number of carboxylic acid groups (broad SMARTS) is 1. The summed E-state index contributed by atoms with van der Waals surface area (Å²) >= 11 is 0. The maximum atomic E-state index is 11.4. The minimum Gasteiger partial charge on any atom is -0.496 e. The lowest BCUT2D eigenvalue weighted by Crippen LogP contribution is -2.45. The number of benzene rings is 1.